The lowest BCUT2D eigenvalue weighted by atomic mass is 9.78. The smallest absolute Gasteiger partial charge is 0.230 e. The number of carbonyl (C=O) groups excluding carboxylic acids is 1. The Hall–Kier alpha value is -2.40. The molecule has 2 saturated heterocycles. The van der Waals surface area contributed by atoms with Crippen LogP contribution in [0.15, 0.2) is 48.8 Å². The maximum atomic E-state index is 13.2. The van der Waals surface area contributed by atoms with Gasteiger partial charge in [-0.15, -0.1) is 0 Å². The second-order valence-corrected chi connectivity index (χ2v) is 7.77. The van der Waals surface area contributed by atoms with Gasteiger partial charge in [0.1, 0.15) is 5.75 Å². The number of rotatable bonds is 5. The van der Waals surface area contributed by atoms with E-state index in [4.69, 9.17) is 4.74 Å². The number of benzene rings is 1. The molecule has 2 aromatic rings. The van der Waals surface area contributed by atoms with Crippen molar-refractivity contribution in [3.63, 3.8) is 0 Å². The van der Waals surface area contributed by atoms with E-state index >= 15 is 0 Å². The first-order valence-electron chi connectivity index (χ1n) is 9.72. The molecule has 0 radical (unpaired) electrons. The second-order valence-electron chi connectivity index (χ2n) is 7.77. The van der Waals surface area contributed by atoms with E-state index in [-0.39, 0.29) is 5.41 Å². The molecule has 1 aromatic heterocycles. The van der Waals surface area contributed by atoms with Crippen molar-refractivity contribution < 1.29 is 9.53 Å². The van der Waals surface area contributed by atoms with Gasteiger partial charge in [-0.2, -0.15) is 0 Å². The molecular formula is C22H27N3O2. The van der Waals surface area contributed by atoms with Crippen molar-refractivity contribution in [1.82, 2.24) is 14.8 Å². The van der Waals surface area contributed by atoms with Crippen LogP contribution in [0.25, 0.3) is 0 Å². The average Bonchev–Trinajstić information content (AvgIpc) is 2.99. The van der Waals surface area contributed by atoms with Crippen LogP contribution in [-0.2, 0) is 17.9 Å². The van der Waals surface area contributed by atoms with Crippen LogP contribution in [0.1, 0.15) is 30.4 Å². The van der Waals surface area contributed by atoms with Crippen LogP contribution in [-0.4, -0.2) is 47.4 Å². The van der Waals surface area contributed by atoms with E-state index in [9.17, 15) is 4.79 Å². The molecule has 27 heavy (non-hydrogen) atoms. The minimum absolute atomic E-state index is 0.197. The summed E-state index contributed by atoms with van der Waals surface area (Å²) in [4.78, 5) is 21.8. The number of hydrogen-bond donors (Lipinski definition) is 0. The zero-order valence-electron chi connectivity index (χ0n) is 15.9. The number of likely N-dealkylation sites (tertiary alicyclic amines) is 2. The zero-order valence-corrected chi connectivity index (χ0v) is 15.9. The fourth-order valence-corrected chi connectivity index (χ4v) is 4.48. The Bertz CT molecular complexity index is 778. The molecule has 1 atom stereocenters. The predicted molar refractivity (Wildman–Crippen MR) is 104 cm³/mol. The topological polar surface area (TPSA) is 45.7 Å². The summed E-state index contributed by atoms with van der Waals surface area (Å²) in [5.41, 5.74) is 2.23. The number of nitrogens with zero attached hydrogens (tertiary/aromatic N) is 3. The van der Waals surface area contributed by atoms with Gasteiger partial charge in [-0.05, 0) is 61.2 Å². The first kappa shape index (κ1) is 18.0. The number of hydrogen-bond acceptors (Lipinski definition) is 4. The highest BCUT2D eigenvalue weighted by atomic mass is 16.5. The quantitative estimate of drug-likeness (QED) is 0.817. The molecule has 5 nitrogen and oxygen atoms in total. The third-order valence-corrected chi connectivity index (χ3v) is 5.95. The summed E-state index contributed by atoms with van der Waals surface area (Å²) in [6, 6.07) is 12.2. The monoisotopic (exact) mass is 365 g/mol. The van der Waals surface area contributed by atoms with Crippen molar-refractivity contribution in [2.45, 2.75) is 32.4 Å². The van der Waals surface area contributed by atoms with Crippen LogP contribution < -0.4 is 4.74 Å². The summed E-state index contributed by atoms with van der Waals surface area (Å²) in [7, 11) is 1.69. The van der Waals surface area contributed by atoms with E-state index in [1.165, 1.54) is 5.56 Å². The highest BCUT2D eigenvalue weighted by Crippen LogP contribution is 2.41. The SMILES string of the molecule is COc1ccc(CN2CCC[C@]3(CCN(Cc4ccncc4)C3=O)C2)cc1. The van der Waals surface area contributed by atoms with Gasteiger partial charge in [-0.1, -0.05) is 12.1 Å². The highest BCUT2D eigenvalue weighted by Gasteiger charge is 2.48. The number of methoxy groups -OCH3 is 1. The minimum atomic E-state index is -0.197. The first-order chi connectivity index (χ1) is 13.2. The van der Waals surface area contributed by atoms with Gasteiger partial charge in [0.25, 0.3) is 0 Å². The summed E-state index contributed by atoms with van der Waals surface area (Å²) >= 11 is 0. The number of aromatic nitrogens is 1. The number of pyridine rings is 1. The largest absolute Gasteiger partial charge is 0.497 e. The molecule has 142 valence electrons. The molecule has 2 aliphatic rings. The molecule has 5 heteroatoms. The Labute approximate surface area is 161 Å². The van der Waals surface area contributed by atoms with Crippen LogP contribution in [0.3, 0.4) is 0 Å². The van der Waals surface area contributed by atoms with Crippen molar-refractivity contribution in [1.29, 1.82) is 0 Å². The van der Waals surface area contributed by atoms with Gasteiger partial charge in [0, 0.05) is 38.6 Å². The van der Waals surface area contributed by atoms with Crippen LogP contribution in [0.2, 0.25) is 0 Å². The maximum absolute atomic E-state index is 13.2. The molecule has 2 aliphatic heterocycles. The summed E-state index contributed by atoms with van der Waals surface area (Å²) in [6.45, 7) is 4.37. The highest BCUT2D eigenvalue weighted by molar-refractivity contribution is 5.85. The van der Waals surface area contributed by atoms with Gasteiger partial charge in [0.15, 0.2) is 0 Å². The Morgan fingerprint density at radius 1 is 1.00 bits per heavy atom. The van der Waals surface area contributed by atoms with Gasteiger partial charge in [-0.25, -0.2) is 0 Å². The predicted octanol–water partition coefficient (Wildman–Crippen LogP) is 3.10. The van der Waals surface area contributed by atoms with Gasteiger partial charge >= 0.3 is 0 Å². The summed E-state index contributed by atoms with van der Waals surface area (Å²) in [5.74, 6) is 1.21. The standard InChI is InChI=1S/C22H27N3O2/c1-27-20-5-3-18(4-6-20)15-24-13-2-9-22(17-24)10-14-25(21(22)26)16-19-7-11-23-12-8-19/h3-8,11-12H,2,9-10,13-17H2,1H3/t22-/m0/s1. The molecule has 0 saturated carbocycles. The van der Waals surface area contributed by atoms with Crippen LogP contribution in [0.4, 0.5) is 0 Å². The summed E-state index contributed by atoms with van der Waals surface area (Å²) in [6.07, 6.45) is 6.66. The van der Waals surface area contributed by atoms with Crippen LogP contribution in [0, 0.1) is 5.41 Å². The van der Waals surface area contributed by atoms with E-state index < -0.39 is 0 Å². The molecular weight excluding hydrogens is 338 g/mol. The molecule has 0 unspecified atom stereocenters. The normalized spacial score (nSPS) is 23.1. The van der Waals surface area contributed by atoms with E-state index in [2.05, 4.69) is 22.0 Å². The van der Waals surface area contributed by atoms with Crippen molar-refractivity contribution in [2.24, 2.45) is 5.41 Å². The van der Waals surface area contributed by atoms with Crippen molar-refractivity contribution >= 4 is 5.91 Å². The minimum Gasteiger partial charge on any atom is -0.497 e. The van der Waals surface area contributed by atoms with Gasteiger partial charge in [0.2, 0.25) is 5.91 Å². The molecule has 0 aliphatic carbocycles. The molecule has 2 fully saturated rings. The third-order valence-electron chi connectivity index (χ3n) is 5.95. The van der Waals surface area contributed by atoms with E-state index in [1.54, 1.807) is 19.5 Å². The molecule has 3 heterocycles. The van der Waals surface area contributed by atoms with E-state index in [0.29, 0.717) is 12.5 Å². The molecule has 1 amide bonds. The van der Waals surface area contributed by atoms with E-state index in [1.807, 2.05) is 29.2 Å². The fraction of sp³-hybridized carbons (Fsp3) is 0.455. The average molecular weight is 365 g/mol. The summed E-state index contributed by atoms with van der Waals surface area (Å²) < 4.78 is 5.24. The lowest BCUT2D eigenvalue weighted by molar-refractivity contribution is -0.139. The second kappa shape index (κ2) is 7.69. The van der Waals surface area contributed by atoms with E-state index in [0.717, 1.165) is 56.8 Å². The first-order valence-corrected chi connectivity index (χ1v) is 9.72. The Morgan fingerprint density at radius 2 is 1.74 bits per heavy atom. The molecule has 0 N–H and O–H groups in total. The van der Waals surface area contributed by atoms with Crippen LogP contribution >= 0.6 is 0 Å². The van der Waals surface area contributed by atoms with Gasteiger partial charge < -0.3 is 9.64 Å². The number of carbonyl (C=O) groups is 1. The Kier molecular flexibility index (Phi) is 5.12. The number of amides is 1. The Morgan fingerprint density at radius 3 is 2.48 bits per heavy atom. The fourth-order valence-electron chi connectivity index (χ4n) is 4.48. The van der Waals surface area contributed by atoms with Gasteiger partial charge in [-0.3, -0.25) is 14.7 Å². The zero-order chi connectivity index (χ0) is 18.7. The van der Waals surface area contributed by atoms with Gasteiger partial charge in [0.05, 0.1) is 12.5 Å². The number of piperidine rings is 1. The molecule has 1 spiro atoms. The molecule has 0 bridgehead atoms. The molecule has 4 rings (SSSR count). The Balaban J connectivity index is 1.41. The third kappa shape index (κ3) is 3.83. The molecule has 1 aromatic carbocycles. The lowest BCUT2D eigenvalue weighted by Gasteiger charge is -2.39. The maximum Gasteiger partial charge on any atom is 0.230 e. The summed E-state index contributed by atoms with van der Waals surface area (Å²) in [5, 5.41) is 0. The number of ether oxygens (including phenoxy) is 1. The van der Waals surface area contributed by atoms with Crippen molar-refractivity contribution in [2.75, 3.05) is 26.7 Å². The van der Waals surface area contributed by atoms with Crippen molar-refractivity contribution in [3.8, 4) is 5.75 Å². The van der Waals surface area contributed by atoms with Crippen LogP contribution in [0.5, 0.6) is 5.75 Å². The van der Waals surface area contributed by atoms with Crippen molar-refractivity contribution in [3.05, 3.63) is 59.9 Å². The lowest BCUT2D eigenvalue weighted by Crippen LogP contribution is -2.47.